The number of methoxy groups -OCH3 is 1. The average molecular weight is 478 g/mol. The van der Waals surface area contributed by atoms with Crippen molar-refractivity contribution in [2.24, 2.45) is 4.99 Å². The summed E-state index contributed by atoms with van der Waals surface area (Å²) in [5.41, 5.74) is 6.04. The molecule has 0 spiro atoms. The number of piperidine rings is 1. The minimum Gasteiger partial charge on any atom is -0.496 e. The van der Waals surface area contributed by atoms with E-state index < -0.39 is 0 Å². The van der Waals surface area contributed by atoms with Crippen LogP contribution in [0.5, 0.6) is 0 Å². The monoisotopic (exact) mass is 477 g/mol. The molecule has 0 aliphatic carbocycles. The molecule has 1 unspecified atom stereocenters. The van der Waals surface area contributed by atoms with E-state index in [1.807, 2.05) is 13.0 Å². The van der Waals surface area contributed by atoms with Gasteiger partial charge in [0.05, 0.1) is 18.8 Å². The van der Waals surface area contributed by atoms with Crippen LogP contribution in [0.15, 0.2) is 52.6 Å². The topological polar surface area (TPSA) is 45.1 Å². The number of carbonyl (C=O) groups is 1. The first-order valence-corrected chi connectivity index (χ1v) is 13.2. The number of likely N-dealkylation sites (tertiary alicyclic amines) is 1. The van der Waals surface area contributed by atoms with Gasteiger partial charge in [0.1, 0.15) is 5.76 Å². The summed E-state index contributed by atoms with van der Waals surface area (Å²) in [6.45, 7) is 14.1. The third-order valence-electron chi connectivity index (χ3n) is 7.17. The molecular weight excluding hydrogens is 434 g/mol. The van der Waals surface area contributed by atoms with E-state index in [9.17, 15) is 4.79 Å². The summed E-state index contributed by atoms with van der Waals surface area (Å²) in [6, 6.07) is 6.61. The highest BCUT2D eigenvalue weighted by Gasteiger charge is 2.22. The number of carbonyl (C=O) groups excluding carboxylic acids is 1. The highest BCUT2D eigenvalue weighted by molar-refractivity contribution is 5.89. The maximum Gasteiger partial charge on any atom is 0.150 e. The molecule has 2 aliphatic rings. The Hall–Kier alpha value is -2.66. The molecule has 5 heteroatoms. The van der Waals surface area contributed by atoms with Crippen molar-refractivity contribution in [1.82, 2.24) is 9.80 Å². The Labute approximate surface area is 212 Å². The Bertz CT molecular complexity index is 997. The van der Waals surface area contributed by atoms with E-state index in [1.165, 1.54) is 18.5 Å². The fourth-order valence-corrected chi connectivity index (χ4v) is 5.31. The molecule has 190 valence electrons. The van der Waals surface area contributed by atoms with Crippen LogP contribution in [0.4, 0.5) is 0 Å². The number of allylic oxidation sites excluding steroid dienone is 2. The summed E-state index contributed by atoms with van der Waals surface area (Å²) >= 11 is 0. The molecule has 0 N–H and O–H groups in total. The standard InChI is InChI=1S/C30H43N3O2/c1-7-9-29-24(5)31-23(4)20-33(29)19-22(3)30(35-6)18-27-11-10-26(17-28(27)21-34)25-12-15-32(14-8-2)16-13-25/h10-11,17-21,25,29H,7-9,12-16H2,1-6H3/b22-19+,30-18-. The Kier molecular flexibility index (Phi) is 9.91. The highest BCUT2D eigenvalue weighted by atomic mass is 16.5. The van der Waals surface area contributed by atoms with Gasteiger partial charge in [0.15, 0.2) is 6.29 Å². The molecule has 1 aromatic carbocycles. The zero-order chi connectivity index (χ0) is 25.4. The van der Waals surface area contributed by atoms with Gasteiger partial charge in [-0.2, -0.15) is 0 Å². The van der Waals surface area contributed by atoms with Crippen molar-refractivity contribution in [2.75, 3.05) is 26.7 Å². The molecule has 0 aromatic heterocycles. The van der Waals surface area contributed by atoms with Gasteiger partial charge in [0, 0.05) is 29.2 Å². The van der Waals surface area contributed by atoms with Crippen LogP contribution < -0.4 is 0 Å². The molecule has 1 fully saturated rings. The molecule has 0 amide bonds. The van der Waals surface area contributed by atoms with E-state index in [0.717, 1.165) is 78.9 Å². The molecule has 1 atom stereocenters. The number of ether oxygens (including phenoxy) is 1. The molecule has 0 saturated carbocycles. The van der Waals surface area contributed by atoms with Crippen LogP contribution in [0, 0.1) is 0 Å². The Morgan fingerprint density at radius 1 is 1.14 bits per heavy atom. The molecule has 3 rings (SSSR count). The first-order chi connectivity index (χ1) is 16.9. The number of hydrogen-bond donors (Lipinski definition) is 0. The second kappa shape index (κ2) is 12.9. The summed E-state index contributed by atoms with van der Waals surface area (Å²) in [6.07, 6.45) is 12.8. The average Bonchev–Trinajstić information content (AvgIpc) is 2.85. The van der Waals surface area contributed by atoms with Crippen molar-refractivity contribution < 1.29 is 9.53 Å². The van der Waals surface area contributed by atoms with Gasteiger partial charge in [-0.3, -0.25) is 9.79 Å². The van der Waals surface area contributed by atoms with E-state index in [1.54, 1.807) is 7.11 Å². The summed E-state index contributed by atoms with van der Waals surface area (Å²) in [5, 5.41) is 0. The van der Waals surface area contributed by atoms with Gasteiger partial charge >= 0.3 is 0 Å². The first-order valence-electron chi connectivity index (χ1n) is 13.2. The molecule has 35 heavy (non-hydrogen) atoms. The molecule has 1 saturated heterocycles. The number of benzene rings is 1. The van der Waals surface area contributed by atoms with Gasteiger partial charge in [0.25, 0.3) is 0 Å². The molecule has 0 radical (unpaired) electrons. The molecule has 1 aromatic rings. The van der Waals surface area contributed by atoms with E-state index >= 15 is 0 Å². The van der Waals surface area contributed by atoms with E-state index in [2.05, 4.69) is 73.1 Å². The van der Waals surface area contributed by atoms with Gasteiger partial charge in [-0.05, 0) is 95.3 Å². The van der Waals surface area contributed by atoms with Crippen molar-refractivity contribution in [1.29, 1.82) is 0 Å². The van der Waals surface area contributed by atoms with E-state index in [-0.39, 0.29) is 6.04 Å². The quantitative estimate of drug-likeness (QED) is 0.211. The number of rotatable bonds is 10. The third kappa shape index (κ3) is 6.94. The van der Waals surface area contributed by atoms with Crippen molar-refractivity contribution in [3.63, 3.8) is 0 Å². The van der Waals surface area contributed by atoms with Gasteiger partial charge in [0.2, 0.25) is 0 Å². The van der Waals surface area contributed by atoms with Crippen molar-refractivity contribution in [3.05, 3.63) is 64.3 Å². The lowest BCUT2D eigenvalue weighted by Gasteiger charge is -2.32. The molecule has 5 nitrogen and oxygen atoms in total. The van der Waals surface area contributed by atoms with Crippen LogP contribution in [0.25, 0.3) is 6.08 Å². The second-order valence-corrected chi connectivity index (χ2v) is 9.92. The molecule has 0 bridgehead atoms. The third-order valence-corrected chi connectivity index (χ3v) is 7.17. The summed E-state index contributed by atoms with van der Waals surface area (Å²) in [5.74, 6) is 1.29. The Morgan fingerprint density at radius 2 is 1.89 bits per heavy atom. The lowest BCUT2D eigenvalue weighted by molar-refractivity contribution is 0.112. The van der Waals surface area contributed by atoms with Gasteiger partial charge in [-0.25, -0.2) is 0 Å². The fraction of sp³-hybridized carbons (Fsp3) is 0.533. The van der Waals surface area contributed by atoms with E-state index in [4.69, 9.17) is 4.74 Å². The van der Waals surface area contributed by atoms with Crippen molar-refractivity contribution in [2.45, 2.75) is 78.7 Å². The van der Waals surface area contributed by atoms with E-state index in [0.29, 0.717) is 5.92 Å². The summed E-state index contributed by atoms with van der Waals surface area (Å²) < 4.78 is 5.78. The van der Waals surface area contributed by atoms with Crippen molar-refractivity contribution >= 4 is 18.1 Å². The Morgan fingerprint density at radius 3 is 2.51 bits per heavy atom. The number of nitrogens with zero attached hydrogens (tertiary/aromatic N) is 3. The molecule has 2 aliphatic heterocycles. The predicted molar refractivity (Wildman–Crippen MR) is 147 cm³/mol. The van der Waals surface area contributed by atoms with Crippen LogP contribution in [-0.2, 0) is 4.74 Å². The maximum absolute atomic E-state index is 12.0. The number of aliphatic imine (C=N–C) groups is 1. The lowest BCUT2D eigenvalue weighted by atomic mass is 9.87. The highest BCUT2D eigenvalue weighted by Crippen LogP contribution is 2.30. The molecular formula is C30H43N3O2. The minimum absolute atomic E-state index is 0.255. The smallest absolute Gasteiger partial charge is 0.150 e. The van der Waals surface area contributed by atoms with Crippen LogP contribution in [0.2, 0.25) is 0 Å². The number of hydrogen-bond acceptors (Lipinski definition) is 5. The van der Waals surface area contributed by atoms with Gasteiger partial charge in [-0.15, -0.1) is 0 Å². The normalized spacial score (nSPS) is 20.5. The van der Waals surface area contributed by atoms with Gasteiger partial charge < -0.3 is 14.5 Å². The fourth-order valence-electron chi connectivity index (χ4n) is 5.31. The zero-order valence-corrected chi connectivity index (χ0v) is 22.5. The van der Waals surface area contributed by atoms with Crippen LogP contribution in [0.1, 0.15) is 94.1 Å². The van der Waals surface area contributed by atoms with Crippen LogP contribution in [-0.4, -0.2) is 54.6 Å². The molecule has 2 heterocycles. The largest absolute Gasteiger partial charge is 0.496 e. The SMILES string of the molecule is CCCC1C(C)=NC(C)=CN1/C=C(C)/C(=C/c1ccc(C2CCN(CCC)CC2)cc1C=O)OC. The van der Waals surface area contributed by atoms with Crippen LogP contribution in [0.3, 0.4) is 0 Å². The van der Waals surface area contributed by atoms with Crippen molar-refractivity contribution in [3.8, 4) is 0 Å². The maximum atomic E-state index is 12.0. The second-order valence-electron chi connectivity index (χ2n) is 9.92. The summed E-state index contributed by atoms with van der Waals surface area (Å²) in [4.78, 5) is 21.5. The lowest BCUT2D eigenvalue weighted by Crippen LogP contribution is -2.35. The zero-order valence-electron chi connectivity index (χ0n) is 22.5. The predicted octanol–water partition coefficient (Wildman–Crippen LogP) is 6.79. The first kappa shape index (κ1) is 26.9. The van der Waals surface area contributed by atoms with Gasteiger partial charge in [-0.1, -0.05) is 32.4 Å². The minimum atomic E-state index is 0.255. The number of aldehydes is 1. The summed E-state index contributed by atoms with van der Waals surface area (Å²) in [7, 11) is 1.69. The van der Waals surface area contributed by atoms with Crippen LogP contribution >= 0.6 is 0 Å². The Balaban J connectivity index is 1.82.